The van der Waals surface area contributed by atoms with E-state index >= 15 is 0 Å². The minimum Gasteiger partial charge on any atom is -0.478 e. The van der Waals surface area contributed by atoms with Gasteiger partial charge in [-0.2, -0.15) is 0 Å². The number of carboxylic acid groups (broad SMARTS) is 1. The minimum absolute atomic E-state index is 0.136. The van der Waals surface area contributed by atoms with Gasteiger partial charge in [0, 0.05) is 17.9 Å². The molecule has 0 atom stereocenters. The number of carbonyl (C=O) groups is 1. The molecule has 17 heavy (non-hydrogen) atoms. The number of benzene rings is 1. The van der Waals surface area contributed by atoms with Crippen molar-refractivity contribution in [2.75, 3.05) is 17.6 Å². The molecule has 0 amide bonds. The topological polar surface area (TPSA) is 75.3 Å². The predicted octanol–water partition coefficient (Wildman–Crippen LogP) is 2.82. The van der Waals surface area contributed by atoms with Crippen molar-refractivity contribution in [2.45, 2.75) is 27.2 Å². The van der Waals surface area contributed by atoms with Crippen LogP contribution in [-0.4, -0.2) is 17.6 Å². The maximum Gasteiger partial charge on any atom is 0.337 e. The van der Waals surface area contributed by atoms with Gasteiger partial charge in [-0.15, -0.1) is 0 Å². The molecule has 1 aromatic rings. The summed E-state index contributed by atoms with van der Waals surface area (Å²) in [5.74, 6) is -0.964. The molecule has 0 aliphatic carbocycles. The van der Waals surface area contributed by atoms with Crippen LogP contribution in [0.15, 0.2) is 18.2 Å². The highest BCUT2D eigenvalue weighted by Gasteiger charge is 2.16. The molecule has 0 bridgehead atoms. The van der Waals surface area contributed by atoms with Crippen molar-refractivity contribution in [2.24, 2.45) is 5.41 Å². The molecule has 0 spiro atoms. The zero-order valence-electron chi connectivity index (χ0n) is 10.6. The Labute approximate surface area is 102 Å². The highest BCUT2D eigenvalue weighted by atomic mass is 16.4. The van der Waals surface area contributed by atoms with E-state index in [4.69, 9.17) is 10.8 Å². The molecule has 0 unspecified atom stereocenters. The van der Waals surface area contributed by atoms with Crippen LogP contribution < -0.4 is 11.1 Å². The molecule has 0 aliphatic heterocycles. The molecular weight excluding hydrogens is 216 g/mol. The Morgan fingerprint density at radius 3 is 2.65 bits per heavy atom. The van der Waals surface area contributed by atoms with Crippen LogP contribution in [0.25, 0.3) is 0 Å². The number of nitrogens with one attached hydrogen (secondary N) is 1. The fourth-order valence-electron chi connectivity index (χ4n) is 1.35. The van der Waals surface area contributed by atoms with Gasteiger partial charge >= 0.3 is 5.97 Å². The van der Waals surface area contributed by atoms with E-state index in [-0.39, 0.29) is 11.0 Å². The minimum atomic E-state index is -0.964. The van der Waals surface area contributed by atoms with Gasteiger partial charge in [0.2, 0.25) is 0 Å². The molecule has 4 nitrogen and oxygen atoms in total. The molecule has 1 rings (SSSR count). The Hall–Kier alpha value is -1.71. The molecule has 0 aliphatic rings. The van der Waals surface area contributed by atoms with Crippen molar-refractivity contribution in [3.8, 4) is 0 Å². The first-order valence-electron chi connectivity index (χ1n) is 5.72. The molecule has 94 valence electrons. The van der Waals surface area contributed by atoms with Gasteiger partial charge in [-0.3, -0.25) is 0 Å². The van der Waals surface area contributed by atoms with Crippen LogP contribution in [-0.2, 0) is 0 Å². The van der Waals surface area contributed by atoms with Gasteiger partial charge in [-0.25, -0.2) is 4.79 Å². The maximum atomic E-state index is 11.1. The van der Waals surface area contributed by atoms with Crippen LogP contribution >= 0.6 is 0 Å². The van der Waals surface area contributed by atoms with E-state index in [9.17, 15) is 4.79 Å². The third kappa shape index (κ3) is 3.66. The van der Waals surface area contributed by atoms with E-state index in [1.54, 1.807) is 12.1 Å². The normalized spacial score (nSPS) is 11.2. The van der Waals surface area contributed by atoms with Crippen molar-refractivity contribution < 1.29 is 9.90 Å². The first-order valence-corrected chi connectivity index (χ1v) is 5.72. The summed E-state index contributed by atoms with van der Waals surface area (Å²) < 4.78 is 0. The maximum absolute atomic E-state index is 11.1. The number of nitrogen functional groups attached to an aromatic ring is 1. The van der Waals surface area contributed by atoms with Crippen LogP contribution in [0.2, 0.25) is 0 Å². The molecule has 0 fully saturated rings. The number of hydrogen-bond acceptors (Lipinski definition) is 3. The van der Waals surface area contributed by atoms with Gasteiger partial charge in [0.05, 0.1) is 5.56 Å². The summed E-state index contributed by atoms with van der Waals surface area (Å²) in [7, 11) is 0. The third-order valence-corrected chi connectivity index (χ3v) is 2.99. The van der Waals surface area contributed by atoms with E-state index in [0.717, 1.165) is 13.0 Å². The van der Waals surface area contributed by atoms with Crippen molar-refractivity contribution in [1.29, 1.82) is 0 Å². The van der Waals surface area contributed by atoms with E-state index in [2.05, 4.69) is 26.1 Å². The Morgan fingerprint density at radius 2 is 2.12 bits per heavy atom. The standard InChI is InChI=1S/C13H20N2O2/c1-4-13(2,3)8-15-11-6-5-9(14)7-10(11)12(16)17/h5-7,15H,4,8,14H2,1-3H3,(H,16,17). The molecule has 4 heteroatoms. The fraction of sp³-hybridized carbons (Fsp3) is 0.462. The Morgan fingerprint density at radius 1 is 1.47 bits per heavy atom. The van der Waals surface area contributed by atoms with E-state index in [1.165, 1.54) is 6.07 Å². The first-order chi connectivity index (χ1) is 7.85. The largest absolute Gasteiger partial charge is 0.478 e. The average Bonchev–Trinajstić information content (AvgIpc) is 2.27. The lowest BCUT2D eigenvalue weighted by molar-refractivity contribution is 0.0698. The van der Waals surface area contributed by atoms with Gasteiger partial charge in [0.1, 0.15) is 0 Å². The second kappa shape index (κ2) is 5.08. The van der Waals surface area contributed by atoms with Crippen molar-refractivity contribution >= 4 is 17.3 Å². The molecule has 0 aromatic heterocycles. The summed E-state index contributed by atoms with van der Waals surface area (Å²) in [5, 5.41) is 12.3. The molecule has 0 saturated carbocycles. The van der Waals surface area contributed by atoms with E-state index in [0.29, 0.717) is 11.4 Å². The Kier molecular flexibility index (Phi) is 3.99. The lowest BCUT2D eigenvalue weighted by Crippen LogP contribution is -2.23. The molecule has 0 saturated heterocycles. The van der Waals surface area contributed by atoms with Crippen molar-refractivity contribution in [1.82, 2.24) is 0 Å². The zero-order valence-corrected chi connectivity index (χ0v) is 10.6. The smallest absolute Gasteiger partial charge is 0.337 e. The zero-order chi connectivity index (χ0) is 13.1. The van der Waals surface area contributed by atoms with Crippen LogP contribution in [0.4, 0.5) is 11.4 Å². The van der Waals surface area contributed by atoms with Gasteiger partial charge in [-0.05, 0) is 30.0 Å². The van der Waals surface area contributed by atoms with Crippen LogP contribution in [0, 0.1) is 5.41 Å². The summed E-state index contributed by atoms with van der Waals surface area (Å²) in [6.45, 7) is 7.12. The number of anilines is 2. The lowest BCUT2D eigenvalue weighted by Gasteiger charge is -2.24. The van der Waals surface area contributed by atoms with Gasteiger partial charge in [0.25, 0.3) is 0 Å². The second-order valence-corrected chi connectivity index (χ2v) is 4.98. The fourth-order valence-corrected chi connectivity index (χ4v) is 1.35. The van der Waals surface area contributed by atoms with Crippen LogP contribution in [0.3, 0.4) is 0 Å². The monoisotopic (exact) mass is 236 g/mol. The van der Waals surface area contributed by atoms with Gasteiger partial charge in [-0.1, -0.05) is 20.8 Å². The third-order valence-electron chi connectivity index (χ3n) is 2.99. The Bertz CT molecular complexity index is 414. The van der Waals surface area contributed by atoms with Gasteiger partial charge in [0.15, 0.2) is 0 Å². The Balaban J connectivity index is 2.88. The number of hydrogen-bond donors (Lipinski definition) is 3. The highest BCUT2D eigenvalue weighted by Crippen LogP contribution is 2.23. The van der Waals surface area contributed by atoms with E-state index in [1.807, 2.05) is 0 Å². The number of nitrogens with two attached hydrogens (primary N) is 1. The summed E-state index contributed by atoms with van der Waals surface area (Å²) in [4.78, 5) is 11.1. The van der Waals surface area contributed by atoms with Crippen LogP contribution in [0.5, 0.6) is 0 Å². The first kappa shape index (κ1) is 13.4. The SMILES string of the molecule is CCC(C)(C)CNc1ccc(N)cc1C(=O)O. The summed E-state index contributed by atoms with van der Waals surface area (Å²) in [5.41, 5.74) is 7.02. The predicted molar refractivity (Wildman–Crippen MR) is 70.4 cm³/mol. The summed E-state index contributed by atoms with van der Waals surface area (Å²) >= 11 is 0. The lowest BCUT2D eigenvalue weighted by atomic mass is 9.90. The van der Waals surface area contributed by atoms with Crippen LogP contribution in [0.1, 0.15) is 37.6 Å². The molecular formula is C13H20N2O2. The van der Waals surface area contributed by atoms with Gasteiger partial charge < -0.3 is 16.2 Å². The quantitative estimate of drug-likeness (QED) is 0.687. The molecule has 0 heterocycles. The van der Waals surface area contributed by atoms with E-state index < -0.39 is 5.97 Å². The summed E-state index contributed by atoms with van der Waals surface area (Å²) in [6.07, 6.45) is 1.03. The number of aromatic carboxylic acids is 1. The summed E-state index contributed by atoms with van der Waals surface area (Å²) in [6, 6.07) is 4.89. The number of carboxylic acids is 1. The molecule has 4 N–H and O–H groups in total. The molecule has 0 radical (unpaired) electrons. The second-order valence-electron chi connectivity index (χ2n) is 4.98. The average molecular weight is 236 g/mol. The molecule has 1 aromatic carbocycles. The number of rotatable bonds is 5. The highest BCUT2D eigenvalue weighted by molar-refractivity contribution is 5.95. The van der Waals surface area contributed by atoms with Crippen molar-refractivity contribution in [3.05, 3.63) is 23.8 Å². The van der Waals surface area contributed by atoms with Crippen molar-refractivity contribution in [3.63, 3.8) is 0 Å².